The monoisotopic (exact) mass is 196 g/mol. The van der Waals surface area contributed by atoms with Gasteiger partial charge in [-0.3, -0.25) is 4.79 Å². The number of benzene rings is 1. The van der Waals surface area contributed by atoms with E-state index in [2.05, 4.69) is 12.6 Å². The van der Waals surface area contributed by atoms with Crippen LogP contribution < -0.4 is 4.74 Å². The third kappa shape index (κ3) is 3.11. The van der Waals surface area contributed by atoms with Crippen LogP contribution in [0.1, 0.15) is 12.5 Å². The van der Waals surface area contributed by atoms with Gasteiger partial charge in [0.05, 0.1) is 0 Å². The van der Waals surface area contributed by atoms with Crippen molar-refractivity contribution in [2.75, 3.05) is 5.75 Å². The fourth-order valence-electron chi connectivity index (χ4n) is 1.09. The number of thiol groups is 1. The van der Waals surface area contributed by atoms with Crippen molar-refractivity contribution in [3.63, 3.8) is 0 Å². The number of rotatable bonds is 3. The first kappa shape index (κ1) is 10.1. The minimum Gasteiger partial charge on any atom is -0.426 e. The molecule has 0 saturated carbocycles. The quantitative estimate of drug-likeness (QED) is 0.455. The number of aryl methyl sites for hydroxylation is 1. The first-order chi connectivity index (χ1) is 6.24. The van der Waals surface area contributed by atoms with E-state index in [0.717, 1.165) is 17.7 Å². The van der Waals surface area contributed by atoms with Gasteiger partial charge in [-0.25, -0.2) is 0 Å². The highest BCUT2D eigenvalue weighted by Crippen LogP contribution is 2.18. The van der Waals surface area contributed by atoms with Gasteiger partial charge in [-0.2, -0.15) is 12.6 Å². The molecule has 0 spiro atoms. The first-order valence-electron chi connectivity index (χ1n) is 4.11. The summed E-state index contributed by atoms with van der Waals surface area (Å²) in [5, 5.41) is 0. The standard InChI is InChI=1S/C10H12O2S/c1-8(11)12-10-5-3-2-4-9(10)6-7-13/h2-5,13H,6-7H2,1H3. The number of esters is 1. The van der Waals surface area contributed by atoms with Crippen molar-refractivity contribution in [1.82, 2.24) is 0 Å². The van der Waals surface area contributed by atoms with Gasteiger partial charge in [0.15, 0.2) is 0 Å². The summed E-state index contributed by atoms with van der Waals surface area (Å²) in [6.07, 6.45) is 0.812. The molecular formula is C10H12O2S. The van der Waals surface area contributed by atoms with E-state index in [9.17, 15) is 4.79 Å². The first-order valence-corrected chi connectivity index (χ1v) is 4.74. The minimum atomic E-state index is -0.286. The summed E-state index contributed by atoms with van der Waals surface area (Å²) in [5.74, 6) is 1.11. The second kappa shape index (κ2) is 4.92. The van der Waals surface area contributed by atoms with E-state index in [-0.39, 0.29) is 5.97 Å². The molecule has 0 atom stereocenters. The zero-order valence-electron chi connectivity index (χ0n) is 7.49. The Bertz CT molecular complexity index is 297. The second-order valence-corrected chi connectivity index (χ2v) is 3.12. The maximum atomic E-state index is 10.7. The lowest BCUT2D eigenvalue weighted by molar-refractivity contribution is -0.131. The third-order valence-electron chi connectivity index (χ3n) is 1.61. The molecule has 0 saturated heterocycles. The molecule has 0 aliphatic carbocycles. The molecule has 1 rings (SSSR count). The van der Waals surface area contributed by atoms with Crippen LogP contribution in [0.15, 0.2) is 24.3 Å². The molecule has 0 aliphatic rings. The van der Waals surface area contributed by atoms with Gasteiger partial charge in [-0.05, 0) is 23.8 Å². The highest BCUT2D eigenvalue weighted by atomic mass is 32.1. The average molecular weight is 196 g/mol. The number of para-hydroxylation sites is 1. The summed E-state index contributed by atoms with van der Waals surface area (Å²) in [6.45, 7) is 1.40. The van der Waals surface area contributed by atoms with Crippen molar-refractivity contribution in [3.8, 4) is 5.75 Å². The van der Waals surface area contributed by atoms with Crippen molar-refractivity contribution < 1.29 is 9.53 Å². The molecule has 1 aromatic carbocycles. The van der Waals surface area contributed by atoms with E-state index in [0.29, 0.717) is 5.75 Å². The molecule has 0 bridgehead atoms. The molecule has 2 nitrogen and oxygen atoms in total. The van der Waals surface area contributed by atoms with Gasteiger partial charge in [-0.15, -0.1) is 0 Å². The summed E-state index contributed by atoms with van der Waals surface area (Å²) >= 11 is 4.13. The Labute approximate surface area is 83.3 Å². The maximum Gasteiger partial charge on any atom is 0.308 e. The number of ether oxygens (including phenoxy) is 1. The van der Waals surface area contributed by atoms with Crippen molar-refractivity contribution >= 4 is 18.6 Å². The molecule has 0 aromatic heterocycles. The lowest BCUT2D eigenvalue weighted by Gasteiger charge is -2.06. The van der Waals surface area contributed by atoms with Gasteiger partial charge in [0.25, 0.3) is 0 Å². The normalized spacial score (nSPS) is 9.69. The van der Waals surface area contributed by atoms with Gasteiger partial charge < -0.3 is 4.74 Å². The number of carbonyl (C=O) groups excluding carboxylic acids is 1. The molecular weight excluding hydrogens is 184 g/mol. The van der Waals surface area contributed by atoms with E-state index in [1.807, 2.05) is 18.2 Å². The molecule has 0 heterocycles. The average Bonchev–Trinajstić information content (AvgIpc) is 2.08. The van der Waals surface area contributed by atoms with E-state index in [1.165, 1.54) is 6.92 Å². The largest absolute Gasteiger partial charge is 0.426 e. The van der Waals surface area contributed by atoms with Crippen LogP contribution in [0.25, 0.3) is 0 Å². The number of carbonyl (C=O) groups is 1. The fraction of sp³-hybridized carbons (Fsp3) is 0.300. The molecule has 0 amide bonds. The van der Waals surface area contributed by atoms with Crippen molar-refractivity contribution in [3.05, 3.63) is 29.8 Å². The van der Waals surface area contributed by atoms with E-state index in [1.54, 1.807) is 6.07 Å². The minimum absolute atomic E-state index is 0.286. The Kier molecular flexibility index (Phi) is 3.83. The Morgan fingerprint density at radius 3 is 2.77 bits per heavy atom. The van der Waals surface area contributed by atoms with Crippen LogP contribution >= 0.6 is 12.6 Å². The van der Waals surface area contributed by atoms with Crippen LogP contribution in [0, 0.1) is 0 Å². The highest BCUT2D eigenvalue weighted by molar-refractivity contribution is 7.80. The summed E-state index contributed by atoms with van der Waals surface area (Å²) in [6, 6.07) is 7.50. The van der Waals surface area contributed by atoms with Gasteiger partial charge in [-0.1, -0.05) is 18.2 Å². The van der Waals surface area contributed by atoms with Crippen LogP contribution in [0.5, 0.6) is 5.75 Å². The molecule has 70 valence electrons. The predicted molar refractivity (Wildman–Crippen MR) is 55.3 cm³/mol. The smallest absolute Gasteiger partial charge is 0.308 e. The second-order valence-electron chi connectivity index (χ2n) is 2.67. The van der Waals surface area contributed by atoms with Gasteiger partial charge >= 0.3 is 5.97 Å². The molecule has 0 fully saturated rings. The number of hydrogen-bond donors (Lipinski definition) is 1. The van der Waals surface area contributed by atoms with Crippen LogP contribution in [0.2, 0.25) is 0 Å². The number of hydrogen-bond acceptors (Lipinski definition) is 3. The Hall–Kier alpha value is -0.960. The van der Waals surface area contributed by atoms with Crippen LogP contribution in [-0.4, -0.2) is 11.7 Å². The van der Waals surface area contributed by atoms with Crippen LogP contribution in [0.4, 0.5) is 0 Å². The fourth-order valence-corrected chi connectivity index (χ4v) is 1.33. The lowest BCUT2D eigenvalue weighted by atomic mass is 10.1. The Morgan fingerprint density at radius 2 is 2.15 bits per heavy atom. The van der Waals surface area contributed by atoms with E-state index < -0.39 is 0 Å². The summed E-state index contributed by atoms with van der Waals surface area (Å²) in [7, 11) is 0. The molecule has 0 unspecified atom stereocenters. The van der Waals surface area contributed by atoms with Crippen molar-refractivity contribution in [1.29, 1.82) is 0 Å². The zero-order chi connectivity index (χ0) is 9.68. The third-order valence-corrected chi connectivity index (χ3v) is 1.83. The van der Waals surface area contributed by atoms with Crippen molar-refractivity contribution in [2.45, 2.75) is 13.3 Å². The maximum absolute atomic E-state index is 10.7. The van der Waals surface area contributed by atoms with Crippen LogP contribution in [0.3, 0.4) is 0 Å². The summed E-state index contributed by atoms with van der Waals surface area (Å²) < 4.78 is 5.03. The van der Waals surface area contributed by atoms with E-state index >= 15 is 0 Å². The van der Waals surface area contributed by atoms with E-state index in [4.69, 9.17) is 4.74 Å². The topological polar surface area (TPSA) is 26.3 Å². The van der Waals surface area contributed by atoms with Gasteiger partial charge in [0.1, 0.15) is 5.75 Å². The summed E-state index contributed by atoms with van der Waals surface area (Å²) in [5.41, 5.74) is 1.02. The highest BCUT2D eigenvalue weighted by Gasteiger charge is 2.03. The van der Waals surface area contributed by atoms with Gasteiger partial charge in [0.2, 0.25) is 0 Å². The molecule has 1 aromatic rings. The molecule has 3 heteroatoms. The Balaban J connectivity index is 2.84. The van der Waals surface area contributed by atoms with Crippen LogP contribution in [-0.2, 0) is 11.2 Å². The Morgan fingerprint density at radius 1 is 1.46 bits per heavy atom. The molecule has 0 aliphatic heterocycles. The van der Waals surface area contributed by atoms with Crippen molar-refractivity contribution in [2.24, 2.45) is 0 Å². The zero-order valence-corrected chi connectivity index (χ0v) is 8.38. The predicted octanol–water partition coefficient (Wildman–Crippen LogP) is 2.08. The SMILES string of the molecule is CC(=O)Oc1ccccc1CCS. The molecule has 0 radical (unpaired) electrons. The molecule has 0 N–H and O–H groups in total. The van der Waals surface area contributed by atoms with Gasteiger partial charge in [0, 0.05) is 6.92 Å². The molecule has 13 heavy (non-hydrogen) atoms. The summed E-state index contributed by atoms with van der Waals surface area (Å²) in [4.78, 5) is 10.7. The lowest BCUT2D eigenvalue weighted by Crippen LogP contribution is -2.04.